The van der Waals surface area contributed by atoms with Gasteiger partial charge in [-0.2, -0.15) is 0 Å². The Morgan fingerprint density at radius 2 is 1.92 bits per heavy atom. The summed E-state index contributed by atoms with van der Waals surface area (Å²) in [5.41, 5.74) is 8.94. The van der Waals surface area contributed by atoms with E-state index in [0.29, 0.717) is 18.2 Å². The van der Waals surface area contributed by atoms with Crippen LogP contribution >= 0.6 is 0 Å². The molecular formula is C19H14N4O2. The van der Waals surface area contributed by atoms with Crippen molar-refractivity contribution in [3.63, 3.8) is 0 Å². The molecule has 25 heavy (non-hydrogen) atoms. The van der Waals surface area contributed by atoms with Crippen LogP contribution in [0, 0.1) is 0 Å². The summed E-state index contributed by atoms with van der Waals surface area (Å²) in [4.78, 5) is 13.2. The summed E-state index contributed by atoms with van der Waals surface area (Å²) in [7, 11) is 0. The molecule has 6 nitrogen and oxygen atoms in total. The van der Waals surface area contributed by atoms with Gasteiger partial charge in [0.2, 0.25) is 5.88 Å². The van der Waals surface area contributed by atoms with E-state index in [2.05, 4.69) is 21.0 Å². The van der Waals surface area contributed by atoms with Crippen molar-refractivity contribution >= 4 is 6.02 Å². The molecule has 6 heteroatoms. The molecule has 2 aliphatic heterocycles. The molecule has 5 rings (SSSR count). The maximum Gasteiger partial charge on any atom is 0.283 e. The predicted molar refractivity (Wildman–Crippen MR) is 92.3 cm³/mol. The van der Waals surface area contributed by atoms with Gasteiger partial charge in [-0.3, -0.25) is 4.98 Å². The topological polar surface area (TPSA) is 82.6 Å². The average molecular weight is 330 g/mol. The summed E-state index contributed by atoms with van der Waals surface area (Å²) in [5, 5.41) is 0. The third-order valence-electron chi connectivity index (χ3n) is 4.57. The van der Waals surface area contributed by atoms with Crippen molar-refractivity contribution < 1.29 is 9.47 Å². The monoisotopic (exact) mass is 330 g/mol. The SMILES string of the molecule is NC1=N[C@]2(CO1)c1cc(-c3cccnc3)ccc1Oc1ncccc12. The molecule has 0 saturated carbocycles. The standard InChI is InChI=1S/C19H14N4O2/c20-18-23-19(11-24-18)14-4-2-8-22-17(14)25-16-6-5-12(9-15(16)19)13-3-1-7-21-10-13/h1-10H,11H2,(H2,20,23)/t19-/m0/s1. The number of hydrogen-bond acceptors (Lipinski definition) is 6. The Morgan fingerprint density at radius 1 is 1.00 bits per heavy atom. The molecular weight excluding hydrogens is 316 g/mol. The zero-order chi connectivity index (χ0) is 16.9. The molecule has 0 aliphatic carbocycles. The summed E-state index contributed by atoms with van der Waals surface area (Å²) in [5.74, 6) is 1.24. The summed E-state index contributed by atoms with van der Waals surface area (Å²) in [6.45, 7) is 0.324. The fourth-order valence-electron chi connectivity index (χ4n) is 3.40. The number of aliphatic imine (C=N–C) groups is 1. The normalized spacial score (nSPS) is 20.2. The van der Waals surface area contributed by atoms with Crippen molar-refractivity contribution in [3.05, 3.63) is 72.2 Å². The van der Waals surface area contributed by atoms with Crippen molar-refractivity contribution in [1.82, 2.24) is 9.97 Å². The van der Waals surface area contributed by atoms with Crippen molar-refractivity contribution in [3.8, 4) is 22.8 Å². The number of rotatable bonds is 1. The maximum absolute atomic E-state index is 6.00. The van der Waals surface area contributed by atoms with E-state index in [-0.39, 0.29) is 6.02 Å². The Labute approximate surface area is 144 Å². The zero-order valence-corrected chi connectivity index (χ0v) is 13.2. The Bertz CT molecular complexity index is 1000. The first kappa shape index (κ1) is 14.0. The first-order valence-electron chi connectivity index (χ1n) is 7.93. The highest BCUT2D eigenvalue weighted by Crippen LogP contribution is 2.50. The van der Waals surface area contributed by atoms with E-state index in [0.717, 1.165) is 22.3 Å². The summed E-state index contributed by atoms with van der Waals surface area (Å²) < 4.78 is 11.5. The third-order valence-corrected chi connectivity index (χ3v) is 4.57. The van der Waals surface area contributed by atoms with Gasteiger partial charge in [0.15, 0.2) is 5.54 Å². The number of amidine groups is 1. The summed E-state index contributed by atoms with van der Waals surface area (Å²) >= 11 is 0. The lowest BCUT2D eigenvalue weighted by Gasteiger charge is -2.32. The van der Waals surface area contributed by atoms with Crippen LogP contribution in [0.3, 0.4) is 0 Å². The molecule has 0 fully saturated rings. The van der Waals surface area contributed by atoms with Gasteiger partial charge in [0.25, 0.3) is 6.02 Å². The molecule has 0 radical (unpaired) electrons. The van der Waals surface area contributed by atoms with E-state index in [1.807, 2.05) is 42.6 Å². The highest BCUT2D eigenvalue weighted by atomic mass is 16.5. The van der Waals surface area contributed by atoms with Gasteiger partial charge < -0.3 is 15.2 Å². The molecule has 1 atom stereocenters. The largest absolute Gasteiger partial charge is 0.462 e. The number of pyridine rings is 2. The van der Waals surface area contributed by atoms with Crippen LogP contribution in [0.5, 0.6) is 11.6 Å². The van der Waals surface area contributed by atoms with E-state index in [1.165, 1.54) is 0 Å². The molecule has 2 aliphatic rings. The summed E-state index contributed by atoms with van der Waals surface area (Å²) in [6.07, 6.45) is 5.28. The molecule has 2 N–H and O–H groups in total. The molecule has 1 spiro atoms. The zero-order valence-electron chi connectivity index (χ0n) is 13.2. The molecule has 2 aromatic heterocycles. The quantitative estimate of drug-likeness (QED) is 0.742. The van der Waals surface area contributed by atoms with Gasteiger partial charge in [0.1, 0.15) is 12.4 Å². The van der Waals surface area contributed by atoms with E-state index >= 15 is 0 Å². The van der Waals surface area contributed by atoms with E-state index in [4.69, 9.17) is 15.2 Å². The van der Waals surface area contributed by atoms with Crippen LogP contribution in [0.2, 0.25) is 0 Å². The number of benzene rings is 1. The van der Waals surface area contributed by atoms with Gasteiger partial charge >= 0.3 is 0 Å². The van der Waals surface area contributed by atoms with Crippen LogP contribution in [0.1, 0.15) is 11.1 Å². The minimum absolute atomic E-state index is 0.175. The van der Waals surface area contributed by atoms with Gasteiger partial charge in [-0.25, -0.2) is 9.98 Å². The van der Waals surface area contributed by atoms with Gasteiger partial charge in [0, 0.05) is 29.7 Å². The maximum atomic E-state index is 6.00. The van der Waals surface area contributed by atoms with Crippen molar-refractivity contribution in [2.75, 3.05) is 6.61 Å². The summed E-state index contributed by atoms with van der Waals surface area (Å²) in [6, 6.07) is 13.9. The third kappa shape index (κ3) is 2.00. The number of nitrogens with two attached hydrogens (primary N) is 1. The second-order valence-electron chi connectivity index (χ2n) is 6.01. The highest BCUT2D eigenvalue weighted by Gasteiger charge is 2.47. The van der Waals surface area contributed by atoms with Crippen LogP contribution < -0.4 is 10.5 Å². The molecule has 0 bridgehead atoms. The number of ether oxygens (including phenoxy) is 2. The van der Waals surface area contributed by atoms with Crippen LogP contribution in [-0.2, 0) is 10.3 Å². The number of nitrogens with zero attached hydrogens (tertiary/aromatic N) is 3. The minimum atomic E-state index is -0.737. The van der Waals surface area contributed by atoms with Crippen molar-refractivity contribution in [1.29, 1.82) is 0 Å². The Balaban J connectivity index is 1.75. The lowest BCUT2D eigenvalue weighted by molar-refractivity contribution is 0.262. The fraction of sp³-hybridized carbons (Fsp3) is 0.105. The molecule has 4 heterocycles. The van der Waals surface area contributed by atoms with Crippen molar-refractivity contribution in [2.24, 2.45) is 10.7 Å². The second-order valence-corrected chi connectivity index (χ2v) is 6.01. The molecule has 122 valence electrons. The molecule has 0 amide bonds. The molecule has 0 unspecified atom stereocenters. The Morgan fingerprint density at radius 3 is 2.72 bits per heavy atom. The molecule has 1 aromatic carbocycles. The Kier molecular flexibility index (Phi) is 2.82. The van der Waals surface area contributed by atoms with Crippen molar-refractivity contribution in [2.45, 2.75) is 5.54 Å². The first-order valence-corrected chi connectivity index (χ1v) is 7.93. The molecule has 3 aromatic rings. The lowest BCUT2D eigenvalue weighted by atomic mass is 9.81. The lowest BCUT2D eigenvalue weighted by Crippen LogP contribution is -2.31. The Hall–Kier alpha value is -3.41. The minimum Gasteiger partial charge on any atom is -0.462 e. The number of aromatic nitrogens is 2. The highest BCUT2D eigenvalue weighted by molar-refractivity contribution is 5.77. The van der Waals surface area contributed by atoms with Gasteiger partial charge in [-0.05, 0) is 35.9 Å². The van der Waals surface area contributed by atoms with Gasteiger partial charge in [0.05, 0.1) is 5.56 Å². The van der Waals surface area contributed by atoms with Gasteiger partial charge in [-0.15, -0.1) is 0 Å². The van der Waals surface area contributed by atoms with Crippen LogP contribution in [-0.4, -0.2) is 22.6 Å². The predicted octanol–water partition coefficient (Wildman–Crippen LogP) is 2.84. The molecule has 0 saturated heterocycles. The van der Waals surface area contributed by atoms with E-state index in [9.17, 15) is 0 Å². The average Bonchev–Trinajstić information content (AvgIpc) is 3.05. The van der Waals surface area contributed by atoms with Crippen LogP contribution in [0.15, 0.2) is 66.0 Å². The number of fused-ring (bicyclic) bond motifs is 4. The number of hydrogen-bond donors (Lipinski definition) is 1. The van der Waals surface area contributed by atoms with Crippen LogP contribution in [0.25, 0.3) is 11.1 Å². The van der Waals surface area contributed by atoms with Crippen LogP contribution in [0.4, 0.5) is 0 Å². The van der Waals surface area contributed by atoms with E-state index < -0.39 is 5.54 Å². The first-order chi connectivity index (χ1) is 12.3. The van der Waals surface area contributed by atoms with Gasteiger partial charge in [-0.1, -0.05) is 12.1 Å². The smallest absolute Gasteiger partial charge is 0.283 e. The second kappa shape index (κ2) is 5.04. The van der Waals surface area contributed by atoms with E-state index in [1.54, 1.807) is 12.4 Å². The fourth-order valence-corrected chi connectivity index (χ4v) is 3.40.